The zero-order valence-corrected chi connectivity index (χ0v) is 20.3. The van der Waals surface area contributed by atoms with Gasteiger partial charge in [0.15, 0.2) is 0 Å². The second-order valence-electron chi connectivity index (χ2n) is 8.78. The topological polar surface area (TPSA) is 74.9 Å². The van der Waals surface area contributed by atoms with Crippen molar-refractivity contribution in [2.75, 3.05) is 6.67 Å². The predicted octanol–water partition coefficient (Wildman–Crippen LogP) is 4.33. The normalized spacial score (nSPS) is 16.1. The van der Waals surface area contributed by atoms with Crippen LogP contribution in [0.5, 0.6) is 0 Å². The van der Waals surface area contributed by atoms with Gasteiger partial charge in [-0.25, -0.2) is 5.01 Å². The molecule has 1 aliphatic carbocycles. The Morgan fingerprint density at radius 2 is 1.94 bits per heavy atom. The maximum atomic E-state index is 14.3. The molecule has 0 atom stereocenters. The molecule has 186 valence electrons. The van der Waals surface area contributed by atoms with Gasteiger partial charge in [0.05, 0.1) is 11.4 Å². The highest BCUT2D eigenvalue weighted by atomic mass is 19.4. The van der Waals surface area contributed by atoms with Gasteiger partial charge in [0, 0.05) is 36.0 Å². The van der Waals surface area contributed by atoms with Crippen LogP contribution in [0.4, 0.5) is 13.2 Å². The summed E-state index contributed by atoms with van der Waals surface area (Å²) < 4.78 is 44.6. The Kier molecular flexibility index (Phi) is 6.82. The molecule has 0 saturated carbocycles. The summed E-state index contributed by atoms with van der Waals surface area (Å²) in [4.78, 5) is 17.4. The molecule has 0 spiro atoms. The number of aromatic nitrogens is 2. The fourth-order valence-corrected chi connectivity index (χ4v) is 4.62. The molecule has 0 fully saturated rings. The number of benzene rings is 1. The van der Waals surface area contributed by atoms with E-state index in [4.69, 9.17) is 0 Å². The van der Waals surface area contributed by atoms with Gasteiger partial charge in [-0.2, -0.15) is 23.4 Å². The average Bonchev–Trinajstić information content (AvgIpc) is 3.06. The lowest BCUT2D eigenvalue weighted by Gasteiger charge is -2.33. The van der Waals surface area contributed by atoms with Crippen LogP contribution in [0.25, 0.3) is 0 Å². The summed E-state index contributed by atoms with van der Waals surface area (Å²) in [7, 11) is 1.82. The molecule has 4 rings (SSSR count). The summed E-state index contributed by atoms with van der Waals surface area (Å²) >= 11 is 0. The smallest absolute Gasteiger partial charge is 0.347 e. The van der Waals surface area contributed by atoms with Crippen molar-refractivity contribution in [3.8, 4) is 0 Å². The number of halogens is 3. The molecule has 1 aromatic carbocycles. The van der Waals surface area contributed by atoms with Crippen LogP contribution in [0, 0.1) is 13.8 Å². The largest absolute Gasteiger partial charge is 0.433 e. The van der Waals surface area contributed by atoms with Crippen LogP contribution >= 0.6 is 0 Å². The molecule has 1 aliphatic heterocycles. The van der Waals surface area contributed by atoms with Crippen molar-refractivity contribution in [3.63, 3.8) is 0 Å². The number of aliphatic imine (C=N–C) groups is 1. The molecule has 35 heavy (non-hydrogen) atoms. The van der Waals surface area contributed by atoms with E-state index in [9.17, 15) is 18.0 Å². The third-order valence-electron chi connectivity index (χ3n) is 6.45. The average molecular weight is 487 g/mol. The molecule has 0 radical (unpaired) electrons. The number of rotatable bonds is 6. The lowest BCUT2D eigenvalue weighted by Crippen LogP contribution is -2.39. The van der Waals surface area contributed by atoms with Crippen LogP contribution in [0.2, 0.25) is 0 Å². The number of fused-ring (bicyclic) bond motifs is 3. The Morgan fingerprint density at radius 1 is 1.20 bits per heavy atom. The maximum absolute atomic E-state index is 14.3. The highest BCUT2D eigenvalue weighted by Crippen LogP contribution is 2.39. The van der Waals surface area contributed by atoms with Crippen molar-refractivity contribution in [3.05, 3.63) is 63.6 Å². The fraction of sp³-hybridized carbons (Fsp3) is 0.440. The number of carbonyl (C=O) groups excluding carboxylic acids is 1. The number of alkyl halides is 3. The van der Waals surface area contributed by atoms with E-state index >= 15 is 0 Å². The Labute approximate surface area is 202 Å². The summed E-state index contributed by atoms with van der Waals surface area (Å²) in [5, 5.41) is 12.2. The number of amides is 1. The molecular formula is C25H29F3N6O. The monoisotopic (exact) mass is 486 g/mol. The quantitative estimate of drug-likeness (QED) is 0.618. The van der Waals surface area contributed by atoms with Crippen molar-refractivity contribution >= 4 is 17.3 Å². The molecule has 1 amide bonds. The van der Waals surface area contributed by atoms with Gasteiger partial charge in [-0.05, 0) is 38.7 Å². The summed E-state index contributed by atoms with van der Waals surface area (Å²) in [5.74, 6) is -0.496. The van der Waals surface area contributed by atoms with Gasteiger partial charge < -0.3 is 5.32 Å². The van der Waals surface area contributed by atoms with E-state index in [1.165, 1.54) is 0 Å². The molecule has 2 heterocycles. The van der Waals surface area contributed by atoms with E-state index in [0.29, 0.717) is 18.6 Å². The summed E-state index contributed by atoms with van der Waals surface area (Å²) in [5.41, 5.74) is 4.01. The SMILES string of the molecule is CCC/C(=N\N1CN=C2C(=C1C(F)(F)F)CCc1ccccc12)C(=O)NCc1c(C)nn(C)c1C. The van der Waals surface area contributed by atoms with Crippen molar-refractivity contribution in [1.29, 1.82) is 0 Å². The summed E-state index contributed by atoms with van der Waals surface area (Å²) in [6.45, 7) is 5.52. The van der Waals surface area contributed by atoms with E-state index in [1.54, 1.807) is 16.8 Å². The lowest BCUT2D eigenvalue weighted by atomic mass is 9.84. The molecule has 0 saturated heterocycles. The minimum absolute atomic E-state index is 0.0453. The van der Waals surface area contributed by atoms with E-state index in [0.717, 1.165) is 33.1 Å². The Hall–Kier alpha value is -3.43. The maximum Gasteiger partial charge on any atom is 0.433 e. The Balaban J connectivity index is 1.64. The van der Waals surface area contributed by atoms with Gasteiger partial charge in [-0.3, -0.25) is 14.5 Å². The van der Waals surface area contributed by atoms with Crippen molar-refractivity contribution in [2.24, 2.45) is 17.1 Å². The van der Waals surface area contributed by atoms with E-state index in [1.807, 2.05) is 40.0 Å². The van der Waals surface area contributed by atoms with E-state index < -0.39 is 17.8 Å². The van der Waals surface area contributed by atoms with Gasteiger partial charge >= 0.3 is 6.18 Å². The molecule has 2 aliphatic rings. The number of aryl methyl sites for hydroxylation is 3. The Bertz CT molecular complexity index is 1240. The zero-order chi connectivity index (χ0) is 25.3. The molecule has 7 nitrogen and oxygen atoms in total. The van der Waals surface area contributed by atoms with Gasteiger partial charge in [-0.1, -0.05) is 37.6 Å². The minimum Gasteiger partial charge on any atom is -0.347 e. The number of hydrogen-bond acceptors (Lipinski definition) is 5. The lowest BCUT2D eigenvalue weighted by molar-refractivity contribution is -0.116. The third kappa shape index (κ3) is 4.87. The van der Waals surface area contributed by atoms with Crippen LogP contribution in [-0.2, 0) is 24.8 Å². The number of nitrogens with one attached hydrogen (secondary N) is 1. The number of carbonyl (C=O) groups is 1. The second kappa shape index (κ2) is 9.67. The molecule has 1 aromatic heterocycles. The molecule has 2 aromatic rings. The first-order valence-corrected chi connectivity index (χ1v) is 11.7. The number of nitrogens with zero attached hydrogens (tertiary/aromatic N) is 5. The molecule has 0 bridgehead atoms. The molecule has 10 heteroatoms. The first-order chi connectivity index (χ1) is 16.6. The summed E-state index contributed by atoms with van der Waals surface area (Å²) in [6.07, 6.45) is -3.12. The number of hydrogen-bond donors (Lipinski definition) is 1. The van der Waals surface area contributed by atoms with Crippen LogP contribution in [-0.4, -0.2) is 45.0 Å². The molecule has 0 unspecified atom stereocenters. The Morgan fingerprint density at radius 3 is 2.60 bits per heavy atom. The van der Waals surface area contributed by atoms with Crippen molar-refractivity contribution in [1.82, 2.24) is 20.1 Å². The third-order valence-corrected chi connectivity index (χ3v) is 6.45. The standard InChI is InChI=1S/C25H29F3N6O/c1-5-8-21(24(35)29-13-20-15(2)31-33(4)16(20)3)32-34-14-30-22-18-10-7-6-9-17(18)11-12-19(22)23(34)25(26,27)28/h6-7,9-10H,5,8,11-14H2,1-4H3,(H,29,35)/b32-21+. The predicted molar refractivity (Wildman–Crippen MR) is 128 cm³/mol. The summed E-state index contributed by atoms with van der Waals surface area (Å²) in [6, 6.07) is 7.40. The first kappa shape index (κ1) is 24.7. The first-order valence-electron chi connectivity index (χ1n) is 11.7. The minimum atomic E-state index is -4.63. The van der Waals surface area contributed by atoms with Crippen LogP contribution in [0.1, 0.15) is 54.3 Å². The van der Waals surface area contributed by atoms with Crippen LogP contribution < -0.4 is 5.32 Å². The zero-order valence-electron chi connectivity index (χ0n) is 20.3. The van der Waals surface area contributed by atoms with Gasteiger partial charge in [0.1, 0.15) is 18.1 Å². The number of allylic oxidation sites excluding steroid dienone is 2. The van der Waals surface area contributed by atoms with E-state index in [2.05, 4.69) is 20.5 Å². The van der Waals surface area contributed by atoms with E-state index in [-0.39, 0.29) is 37.3 Å². The van der Waals surface area contributed by atoms with Gasteiger partial charge in [0.2, 0.25) is 0 Å². The molecular weight excluding hydrogens is 457 g/mol. The number of hydrazone groups is 1. The fourth-order valence-electron chi connectivity index (χ4n) is 4.62. The van der Waals surface area contributed by atoms with Crippen LogP contribution in [0.15, 0.2) is 45.6 Å². The van der Waals surface area contributed by atoms with Crippen molar-refractivity contribution < 1.29 is 18.0 Å². The van der Waals surface area contributed by atoms with Crippen LogP contribution in [0.3, 0.4) is 0 Å². The highest BCUT2D eigenvalue weighted by Gasteiger charge is 2.44. The second-order valence-corrected chi connectivity index (χ2v) is 8.78. The molecule has 1 N–H and O–H groups in total. The van der Waals surface area contributed by atoms with Gasteiger partial charge in [-0.15, -0.1) is 0 Å². The van der Waals surface area contributed by atoms with Crippen molar-refractivity contribution in [2.45, 2.75) is 59.2 Å². The highest BCUT2D eigenvalue weighted by molar-refractivity contribution is 6.38. The van der Waals surface area contributed by atoms with Gasteiger partial charge in [0.25, 0.3) is 5.91 Å².